The number of nitrogens with two attached hydrogens (primary N) is 1. The second-order valence-corrected chi connectivity index (χ2v) is 5.05. The van der Waals surface area contributed by atoms with E-state index in [1.54, 1.807) is 0 Å². The van der Waals surface area contributed by atoms with Crippen LogP contribution in [0.5, 0.6) is 0 Å². The van der Waals surface area contributed by atoms with Crippen molar-refractivity contribution in [2.24, 2.45) is 5.73 Å². The second kappa shape index (κ2) is 5.28. The number of rotatable bonds is 2. The molecule has 0 amide bonds. The molecule has 88 valence electrons. The molecule has 2 rings (SSSR count). The summed E-state index contributed by atoms with van der Waals surface area (Å²) in [5.74, 6) is 0. The van der Waals surface area contributed by atoms with Crippen molar-refractivity contribution in [2.75, 3.05) is 20.3 Å². The summed E-state index contributed by atoms with van der Waals surface area (Å²) in [6.45, 7) is 1.83. The van der Waals surface area contributed by atoms with E-state index >= 15 is 0 Å². The van der Waals surface area contributed by atoms with Gasteiger partial charge in [0.25, 0.3) is 0 Å². The van der Waals surface area contributed by atoms with Gasteiger partial charge in [0.2, 0.25) is 0 Å². The smallest absolute Gasteiger partial charge is 0.0622 e. The van der Waals surface area contributed by atoms with Crippen LogP contribution in [0.4, 0.5) is 0 Å². The number of hydrogen-bond acceptors (Lipinski definition) is 3. The Hall–Kier alpha value is -0.120. The number of ether oxygens (including phenoxy) is 1. The molecular weight excluding hydrogens is 188 g/mol. The normalized spacial score (nSPS) is 38.2. The van der Waals surface area contributed by atoms with Gasteiger partial charge in [-0.1, -0.05) is 19.3 Å². The Labute approximate surface area is 93.0 Å². The molecule has 1 saturated heterocycles. The van der Waals surface area contributed by atoms with Crippen molar-refractivity contribution < 1.29 is 4.74 Å². The first-order valence-electron chi connectivity index (χ1n) is 6.34. The van der Waals surface area contributed by atoms with Crippen LogP contribution in [0.3, 0.4) is 0 Å². The molecule has 0 aromatic carbocycles. The van der Waals surface area contributed by atoms with Crippen LogP contribution in [-0.4, -0.2) is 43.3 Å². The van der Waals surface area contributed by atoms with E-state index in [1.165, 1.54) is 38.5 Å². The largest absolute Gasteiger partial charge is 0.380 e. The van der Waals surface area contributed by atoms with Gasteiger partial charge in [0.05, 0.1) is 6.61 Å². The molecule has 0 spiro atoms. The van der Waals surface area contributed by atoms with Crippen LogP contribution < -0.4 is 5.73 Å². The van der Waals surface area contributed by atoms with Crippen LogP contribution in [0, 0.1) is 0 Å². The average molecular weight is 212 g/mol. The van der Waals surface area contributed by atoms with Gasteiger partial charge in [-0.3, -0.25) is 4.90 Å². The van der Waals surface area contributed by atoms with Crippen LogP contribution in [-0.2, 0) is 4.74 Å². The van der Waals surface area contributed by atoms with Crippen molar-refractivity contribution in [3.8, 4) is 0 Å². The minimum Gasteiger partial charge on any atom is -0.380 e. The average Bonchev–Trinajstić information content (AvgIpc) is 2.68. The van der Waals surface area contributed by atoms with E-state index in [-0.39, 0.29) is 0 Å². The fraction of sp³-hybridized carbons (Fsp3) is 1.00. The molecule has 0 radical (unpaired) electrons. The van der Waals surface area contributed by atoms with Crippen LogP contribution >= 0.6 is 0 Å². The second-order valence-electron chi connectivity index (χ2n) is 5.05. The summed E-state index contributed by atoms with van der Waals surface area (Å²) in [6, 6.07) is 1.57. The maximum Gasteiger partial charge on any atom is 0.0622 e. The first-order chi connectivity index (χ1) is 7.29. The first kappa shape index (κ1) is 11.4. The van der Waals surface area contributed by atoms with Crippen molar-refractivity contribution in [3.63, 3.8) is 0 Å². The lowest BCUT2D eigenvalue weighted by atomic mass is 10.0. The molecule has 3 nitrogen and oxygen atoms in total. The maximum atomic E-state index is 6.27. The summed E-state index contributed by atoms with van der Waals surface area (Å²) in [5.41, 5.74) is 6.27. The Bertz CT molecular complexity index is 192. The highest BCUT2D eigenvalue weighted by molar-refractivity contribution is 4.87. The van der Waals surface area contributed by atoms with Crippen molar-refractivity contribution in [1.82, 2.24) is 4.90 Å². The predicted molar refractivity (Wildman–Crippen MR) is 61.8 cm³/mol. The van der Waals surface area contributed by atoms with E-state index in [9.17, 15) is 0 Å². The molecule has 2 fully saturated rings. The SMILES string of the molecule is CN(C1CCOC1)C1CCCCCC1N. The van der Waals surface area contributed by atoms with E-state index in [2.05, 4.69) is 11.9 Å². The highest BCUT2D eigenvalue weighted by atomic mass is 16.5. The molecule has 0 bridgehead atoms. The van der Waals surface area contributed by atoms with E-state index in [0.29, 0.717) is 18.1 Å². The summed E-state index contributed by atoms with van der Waals surface area (Å²) in [7, 11) is 2.23. The predicted octanol–water partition coefficient (Wildman–Crippen LogP) is 1.37. The van der Waals surface area contributed by atoms with Crippen LogP contribution in [0.2, 0.25) is 0 Å². The number of hydrogen-bond donors (Lipinski definition) is 1. The Balaban J connectivity index is 1.93. The van der Waals surface area contributed by atoms with Crippen molar-refractivity contribution >= 4 is 0 Å². The van der Waals surface area contributed by atoms with Crippen LogP contribution in [0.25, 0.3) is 0 Å². The molecule has 0 aromatic heterocycles. The lowest BCUT2D eigenvalue weighted by Crippen LogP contribution is -2.49. The molecule has 0 aromatic rings. The van der Waals surface area contributed by atoms with Gasteiger partial charge in [0.1, 0.15) is 0 Å². The van der Waals surface area contributed by atoms with Gasteiger partial charge in [0, 0.05) is 24.7 Å². The monoisotopic (exact) mass is 212 g/mol. The van der Waals surface area contributed by atoms with E-state index in [0.717, 1.165) is 13.2 Å². The fourth-order valence-electron chi connectivity index (χ4n) is 2.94. The Morgan fingerprint density at radius 1 is 1.13 bits per heavy atom. The van der Waals surface area contributed by atoms with Crippen molar-refractivity contribution in [2.45, 2.75) is 56.7 Å². The van der Waals surface area contributed by atoms with Gasteiger partial charge in [0.15, 0.2) is 0 Å². The van der Waals surface area contributed by atoms with Gasteiger partial charge in [-0.05, 0) is 26.3 Å². The summed E-state index contributed by atoms with van der Waals surface area (Å²) < 4.78 is 5.45. The molecular formula is C12H24N2O. The topological polar surface area (TPSA) is 38.5 Å². The maximum absolute atomic E-state index is 6.27. The van der Waals surface area contributed by atoms with Gasteiger partial charge in [-0.15, -0.1) is 0 Å². The molecule has 1 saturated carbocycles. The van der Waals surface area contributed by atoms with E-state index in [1.807, 2.05) is 0 Å². The highest BCUT2D eigenvalue weighted by Crippen LogP contribution is 2.24. The summed E-state index contributed by atoms with van der Waals surface area (Å²) in [4.78, 5) is 2.49. The minimum atomic E-state index is 0.373. The summed E-state index contributed by atoms with van der Waals surface area (Å²) in [5, 5.41) is 0. The third-order valence-corrected chi connectivity index (χ3v) is 4.04. The van der Waals surface area contributed by atoms with Gasteiger partial charge in [-0.25, -0.2) is 0 Å². The zero-order chi connectivity index (χ0) is 10.7. The molecule has 2 aliphatic rings. The standard InChI is InChI=1S/C12H24N2O/c1-14(10-7-8-15-9-10)12-6-4-2-3-5-11(12)13/h10-12H,2-9,13H2,1H3. The summed E-state index contributed by atoms with van der Waals surface area (Å²) >= 11 is 0. The Morgan fingerprint density at radius 3 is 2.67 bits per heavy atom. The number of nitrogens with zero attached hydrogens (tertiary/aromatic N) is 1. The molecule has 1 aliphatic heterocycles. The van der Waals surface area contributed by atoms with Gasteiger partial charge in [-0.2, -0.15) is 0 Å². The summed E-state index contributed by atoms with van der Waals surface area (Å²) in [6.07, 6.45) is 7.67. The molecule has 15 heavy (non-hydrogen) atoms. The first-order valence-corrected chi connectivity index (χ1v) is 6.34. The van der Waals surface area contributed by atoms with Crippen LogP contribution in [0.1, 0.15) is 38.5 Å². The lowest BCUT2D eigenvalue weighted by Gasteiger charge is -2.35. The lowest BCUT2D eigenvalue weighted by molar-refractivity contribution is 0.116. The zero-order valence-corrected chi connectivity index (χ0v) is 9.82. The minimum absolute atomic E-state index is 0.373. The Morgan fingerprint density at radius 2 is 1.93 bits per heavy atom. The van der Waals surface area contributed by atoms with E-state index in [4.69, 9.17) is 10.5 Å². The molecule has 3 unspecified atom stereocenters. The van der Waals surface area contributed by atoms with Crippen molar-refractivity contribution in [1.29, 1.82) is 0 Å². The third kappa shape index (κ3) is 2.71. The molecule has 3 atom stereocenters. The van der Waals surface area contributed by atoms with E-state index < -0.39 is 0 Å². The third-order valence-electron chi connectivity index (χ3n) is 4.04. The van der Waals surface area contributed by atoms with Gasteiger partial charge >= 0.3 is 0 Å². The molecule has 1 heterocycles. The number of likely N-dealkylation sites (N-methyl/N-ethyl adjacent to an activating group) is 1. The highest BCUT2D eigenvalue weighted by Gasteiger charge is 2.30. The zero-order valence-electron chi connectivity index (χ0n) is 9.82. The molecule has 3 heteroatoms. The van der Waals surface area contributed by atoms with Crippen molar-refractivity contribution in [3.05, 3.63) is 0 Å². The van der Waals surface area contributed by atoms with Gasteiger partial charge < -0.3 is 10.5 Å². The fourth-order valence-corrected chi connectivity index (χ4v) is 2.94. The quantitative estimate of drug-likeness (QED) is 0.703. The van der Waals surface area contributed by atoms with Crippen LogP contribution in [0.15, 0.2) is 0 Å². The molecule has 2 N–H and O–H groups in total. The molecule has 1 aliphatic carbocycles. The Kier molecular flexibility index (Phi) is 4.00.